The van der Waals surface area contributed by atoms with Crippen LogP contribution in [0.25, 0.3) is 0 Å². The van der Waals surface area contributed by atoms with Crippen LogP contribution in [-0.4, -0.2) is 37.4 Å². The second-order valence-electron chi connectivity index (χ2n) is 7.84. The molecule has 134 valence electrons. The molecule has 4 rings (SSSR count). The standard InChI is InChI=1S/C20H24O5/c1-19(12-22)17(4-5-18(19)23)15-3-2-13-10-20(24-8-9-25-20)7-6-14(13)16(15)11-21/h10-12,15,17H,2-9H2,1H3. The molecule has 2 fully saturated rings. The highest BCUT2D eigenvalue weighted by Crippen LogP contribution is 2.52. The first-order chi connectivity index (χ1) is 12.0. The first-order valence-corrected chi connectivity index (χ1v) is 9.21. The average Bonchev–Trinajstić information content (AvgIpc) is 3.19. The maximum atomic E-state index is 12.2. The molecule has 1 spiro atoms. The molecule has 0 aromatic heterocycles. The van der Waals surface area contributed by atoms with Crippen molar-refractivity contribution >= 4 is 18.4 Å². The van der Waals surface area contributed by atoms with E-state index in [4.69, 9.17) is 9.47 Å². The highest BCUT2D eigenvalue weighted by Gasteiger charge is 2.51. The minimum atomic E-state index is -0.950. The van der Waals surface area contributed by atoms with Crippen LogP contribution in [0.2, 0.25) is 0 Å². The third kappa shape index (κ3) is 2.48. The van der Waals surface area contributed by atoms with E-state index < -0.39 is 11.2 Å². The fourth-order valence-corrected chi connectivity index (χ4v) is 5.24. The summed E-state index contributed by atoms with van der Waals surface area (Å²) >= 11 is 0. The van der Waals surface area contributed by atoms with Gasteiger partial charge in [0.05, 0.1) is 18.6 Å². The fraction of sp³-hybridized carbons (Fsp3) is 0.650. The average molecular weight is 344 g/mol. The summed E-state index contributed by atoms with van der Waals surface area (Å²) < 4.78 is 11.6. The van der Waals surface area contributed by atoms with Gasteiger partial charge in [-0.2, -0.15) is 0 Å². The normalized spacial score (nSPS) is 37.2. The van der Waals surface area contributed by atoms with Crippen molar-refractivity contribution in [2.75, 3.05) is 13.2 Å². The van der Waals surface area contributed by atoms with E-state index >= 15 is 0 Å². The van der Waals surface area contributed by atoms with Gasteiger partial charge in [-0.3, -0.25) is 9.59 Å². The van der Waals surface area contributed by atoms with Crippen LogP contribution in [0.15, 0.2) is 22.8 Å². The molecule has 1 heterocycles. The molecule has 0 amide bonds. The topological polar surface area (TPSA) is 69.7 Å². The number of allylic oxidation sites excluding steroid dienone is 3. The molecular formula is C20H24O5. The second kappa shape index (κ2) is 5.99. The Morgan fingerprint density at radius 2 is 1.88 bits per heavy atom. The molecule has 25 heavy (non-hydrogen) atoms. The lowest BCUT2D eigenvalue weighted by Gasteiger charge is -2.40. The molecule has 0 bridgehead atoms. The van der Waals surface area contributed by atoms with Crippen molar-refractivity contribution in [1.29, 1.82) is 0 Å². The Hall–Kier alpha value is -1.59. The van der Waals surface area contributed by atoms with Crippen molar-refractivity contribution in [3.05, 3.63) is 22.8 Å². The first-order valence-electron chi connectivity index (χ1n) is 9.21. The number of hydrogen-bond donors (Lipinski definition) is 0. The number of Topliss-reactive ketones (excluding diaryl/α,β-unsaturated/α-hetero) is 1. The monoisotopic (exact) mass is 344 g/mol. The van der Waals surface area contributed by atoms with E-state index in [0.717, 1.165) is 48.6 Å². The van der Waals surface area contributed by atoms with Gasteiger partial charge in [-0.1, -0.05) is 0 Å². The summed E-state index contributed by atoms with van der Waals surface area (Å²) in [4.78, 5) is 35.9. The Balaban J connectivity index is 1.71. The molecule has 1 saturated heterocycles. The van der Waals surface area contributed by atoms with Crippen LogP contribution in [0.1, 0.15) is 45.4 Å². The summed E-state index contributed by atoms with van der Waals surface area (Å²) in [6.45, 7) is 2.95. The molecule has 3 atom stereocenters. The quantitative estimate of drug-likeness (QED) is 0.581. The molecule has 4 aliphatic rings. The van der Waals surface area contributed by atoms with Gasteiger partial charge in [0.25, 0.3) is 0 Å². The molecule has 0 radical (unpaired) electrons. The van der Waals surface area contributed by atoms with Crippen LogP contribution < -0.4 is 0 Å². The number of carbonyl (C=O) groups excluding carboxylic acids is 3. The predicted molar refractivity (Wildman–Crippen MR) is 89.7 cm³/mol. The fourth-order valence-electron chi connectivity index (χ4n) is 5.24. The SMILES string of the molecule is CC1(C=O)C(=O)CCC1C1CCC2=CC3(CCC2=C1C=O)OCCO3. The third-order valence-corrected chi connectivity index (χ3v) is 6.66. The third-order valence-electron chi connectivity index (χ3n) is 6.66. The zero-order valence-corrected chi connectivity index (χ0v) is 14.6. The second-order valence-corrected chi connectivity index (χ2v) is 7.84. The Bertz CT molecular complexity index is 682. The van der Waals surface area contributed by atoms with E-state index in [2.05, 4.69) is 6.08 Å². The van der Waals surface area contributed by atoms with Gasteiger partial charge in [0, 0.05) is 12.8 Å². The van der Waals surface area contributed by atoms with E-state index in [1.807, 2.05) is 0 Å². The maximum Gasteiger partial charge on any atom is 0.188 e. The van der Waals surface area contributed by atoms with E-state index in [9.17, 15) is 14.4 Å². The van der Waals surface area contributed by atoms with Gasteiger partial charge in [-0.25, -0.2) is 0 Å². The number of ketones is 1. The zero-order valence-electron chi connectivity index (χ0n) is 14.6. The Labute approximate surface area is 147 Å². The predicted octanol–water partition coefficient (Wildman–Crippen LogP) is 2.54. The van der Waals surface area contributed by atoms with Crippen LogP contribution in [0.3, 0.4) is 0 Å². The number of fused-ring (bicyclic) bond motifs is 1. The molecule has 1 saturated carbocycles. The zero-order chi connectivity index (χ0) is 17.7. The number of rotatable bonds is 3. The molecule has 5 nitrogen and oxygen atoms in total. The van der Waals surface area contributed by atoms with Crippen molar-refractivity contribution in [3.8, 4) is 0 Å². The van der Waals surface area contributed by atoms with Gasteiger partial charge < -0.3 is 14.3 Å². The summed E-state index contributed by atoms with van der Waals surface area (Å²) in [6.07, 6.45) is 8.03. The van der Waals surface area contributed by atoms with Crippen molar-refractivity contribution in [3.63, 3.8) is 0 Å². The van der Waals surface area contributed by atoms with E-state index in [1.54, 1.807) is 6.92 Å². The van der Waals surface area contributed by atoms with Gasteiger partial charge in [0.1, 0.15) is 18.4 Å². The first kappa shape index (κ1) is 16.9. The number of hydrogen-bond acceptors (Lipinski definition) is 5. The Morgan fingerprint density at radius 1 is 1.12 bits per heavy atom. The Morgan fingerprint density at radius 3 is 2.56 bits per heavy atom. The molecule has 0 aromatic rings. The van der Waals surface area contributed by atoms with Gasteiger partial charge in [0.2, 0.25) is 0 Å². The van der Waals surface area contributed by atoms with Crippen molar-refractivity contribution < 1.29 is 23.9 Å². The van der Waals surface area contributed by atoms with Crippen LogP contribution in [0.4, 0.5) is 0 Å². The van der Waals surface area contributed by atoms with Gasteiger partial charge in [-0.05, 0) is 67.2 Å². The van der Waals surface area contributed by atoms with Crippen molar-refractivity contribution in [2.24, 2.45) is 17.3 Å². The minimum absolute atomic E-state index is 0.00855. The van der Waals surface area contributed by atoms with E-state index in [0.29, 0.717) is 32.5 Å². The largest absolute Gasteiger partial charge is 0.344 e. The van der Waals surface area contributed by atoms with Crippen molar-refractivity contribution in [1.82, 2.24) is 0 Å². The molecule has 0 N–H and O–H groups in total. The van der Waals surface area contributed by atoms with Crippen molar-refractivity contribution in [2.45, 2.75) is 51.2 Å². The molecular weight excluding hydrogens is 320 g/mol. The molecule has 1 aliphatic heterocycles. The smallest absolute Gasteiger partial charge is 0.188 e. The summed E-state index contributed by atoms with van der Waals surface area (Å²) in [7, 11) is 0. The summed E-state index contributed by atoms with van der Waals surface area (Å²) in [6, 6.07) is 0. The summed E-state index contributed by atoms with van der Waals surface area (Å²) in [5, 5.41) is 0. The van der Waals surface area contributed by atoms with E-state index in [1.165, 1.54) is 0 Å². The van der Waals surface area contributed by atoms with Gasteiger partial charge >= 0.3 is 0 Å². The number of aldehydes is 2. The molecule has 3 unspecified atom stereocenters. The summed E-state index contributed by atoms with van der Waals surface area (Å²) in [5.74, 6) is -0.674. The molecule has 3 aliphatic carbocycles. The number of ether oxygens (including phenoxy) is 2. The molecule has 0 aromatic carbocycles. The van der Waals surface area contributed by atoms with Gasteiger partial charge in [0.15, 0.2) is 5.79 Å². The lowest BCUT2D eigenvalue weighted by atomic mass is 9.64. The lowest BCUT2D eigenvalue weighted by Crippen LogP contribution is -2.38. The summed E-state index contributed by atoms with van der Waals surface area (Å²) in [5.41, 5.74) is 2.07. The highest BCUT2D eigenvalue weighted by atomic mass is 16.7. The van der Waals surface area contributed by atoms with Crippen LogP contribution in [0, 0.1) is 17.3 Å². The van der Waals surface area contributed by atoms with Crippen LogP contribution in [-0.2, 0) is 23.9 Å². The number of carbonyl (C=O) groups is 3. The van der Waals surface area contributed by atoms with E-state index in [-0.39, 0.29) is 17.6 Å². The minimum Gasteiger partial charge on any atom is -0.344 e. The van der Waals surface area contributed by atoms with Crippen LogP contribution in [0.5, 0.6) is 0 Å². The Kier molecular flexibility index (Phi) is 4.04. The molecule has 5 heteroatoms. The van der Waals surface area contributed by atoms with Crippen LogP contribution >= 0.6 is 0 Å². The lowest BCUT2D eigenvalue weighted by molar-refractivity contribution is -0.133. The highest BCUT2D eigenvalue weighted by molar-refractivity contribution is 6.00. The maximum absolute atomic E-state index is 12.2. The van der Waals surface area contributed by atoms with Gasteiger partial charge in [-0.15, -0.1) is 0 Å².